The Morgan fingerprint density at radius 3 is 0.577 bits per heavy atom. The first-order valence-corrected chi connectivity index (χ1v) is 6.50. The highest BCUT2D eigenvalue weighted by molar-refractivity contribution is 6.31. The maximum Gasteiger partial charge on any atom is 0.631 e. The first kappa shape index (κ1) is 36.5. The van der Waals surface area contributed by atoms with E-state index in [4.69, 9.17) is 75.6 Å². The van der Waals surface area contributed by atoms with Crippen LogP contribution in [0.4, 0.5) is 0 Å². The summed E-state index contributed by atoms with van der Waals surface area (Å²) >= 11 is 0. The van der Waals surface area contributed by atoms with E-state index in [0.717, 1.165) is 0 Å². The van der Waals surface area contributed by atoms with E-state index in [1.807, 2.05) is 0 Å². The van der Waals surface area contributed by atoms with Gasteiger partial charge in [-0.25, -0.2) is 0 Å². The van der Waals surface area contributed by atoms with E-state index >= 15 is 0 Å². The van der Waals surface area contributed by atoms with Crippen LogP contribution < -0.4 is 0 Å². The van der Waals surface area contributed by atoms with Crippen molar-refractivity contribution in [3.63, 3.8) is 0 Å². The van der Waals surface area contributed by atoms with E-state index in [-0.39, 0.29) is 19.8 Å². The van der Waals surface area contributed by atoms with Crippen molar-refractivity contribution in [2.75, 3.05) is 39.5 Å². The molecule has 0 atom stereocenters. The molecule has 0 rings (SSSR count). The average molecular weight is 397 g/mol. The van der Waals surface area contributed by atoms with Crippen LogP contribution in [-0.4, -0.2) is 149 Å². The summed E-state index contributed by atoms with van der Waals surface area (Å²) < 4.78 is 0. The summed E-state index contributed by atoms with van der Waals surface area (Å²) in [6.45, 7) is 1.75. The number of rotatable bonds is 6. The summed E-state index contributed by atoms with van der Waals surface area (Å²) in [6.07, 6.45) is 0. The van der Waals surface area contributed by atoms with Gasteiger partial charge in [-0.2, -0.15) is 0 Å². The van der Waals surface area contributed by atoms with E-state index < -0.39 is 29.3 Å². The van der Waals surface area contributed by atoms with Gasteiger partial charge in [0.1, 0.15) is 0 Å². The molecule has 0 aliphatic heterocycles. The van der Waals surface area contributed by atoms with Gasteiger partial charge in [-0.3, -0.25) is 4.90 Å². The SMILES string of the molecule is OB(O)O.OB(O)O.OB(O)O.OB(O)O.OCCN(CCO)CCO. The maximum atomic E-state index is 8.48. The Morgan fingerprint density at radius 2 is 0.500 bits per heavy atom. The third-order valence-electron chi connectivity index (χ3n) is 1.25. The van der Waals surface area contributed by atoms with Crippen LogP contribution in [0.5, 0.6) is 0 Å². The van der Waals surface area contributed by atoms with Gasteiger partial charge in [-0.1, -0.05) is 0 Å². The minimum absolute atomic E-state index is 0.0694. The van der Waals surface area contributed by atoms with Crippen LogP contribution in [0.1, 0.15) is 0 Å². The lowest BCUT2D eigenvalue weighted by atomic mass is 10.3. The fourth-order valence-electron chi connectivity index (χ4n) is 0.760. The van der Waals surface area contributed by atoms with Crippen molar-refractivity contribution in [2.45, 2.75) is 0 Å². The zero-order chi connectivity index (χ0) is 22.1. The average Bonchev–Trinajstić information content (AvgIpc) is 2.36. The summed E-state index contributed by atoms with van der Waals surface area (Å²) in [7, 11) is -8.67. The van der Waals surface area contributed by atoms with Gasteiger partial charge < -0.3 is 75.6 Å². The van der Waals surface area contributed by atoms with E-state index in [9.17, 15) is 0 Å². The quantitative estimate of drug-likeness (QED) is 0.185. The van der Waals surface area contributed by atoms with E-state index in [1.54, 1.807) is 4.90 Å². The zero-order valence-electron chi connectivity index (χ0n) is 13.7. The van der Waals surface area contributed by atoms with Crippen LogP contribution in [0, 0.1) is 0 Å². The fraction of sp³-hybridized carbons (Fsp3) is 1.00. The van der Waals surface area contributed by atoms with Gasteiger partial charge in [0.25, 0.3) is 0 Å². The molecule has 0 unspecified atom stereocenters. The second-order valence-electron chi connectivity index (χ2n) is 3.40. The molecule has 0 heterocycles. The molecule has 0 amide bonds. The molecular weight excluding hydrogens is 369 g/mol. The Labute approximate surface area is 150 Å². The third-order valence-corrected chi connectivity index (χ3v) is 1.25. The molecule has 0 aromatic carbocycles. The molecule has 0 spiro atoms. The molecule has 26 heavy (non-hydrogen) atoms. The summed E-state index contributed by atoms with van der Waals surface area (Å²) in [6, 6.07) is 0. The molecule has 0 saturated heterocycles. The molecule has 0 aromatic heterocycles. The molecular formula is C6H27B4NO15. The summed E-state index contributed by atoms with van der Waals surface area (Å²) in [5.74, 6) is 0. The van der Waals surface area contributed by atoms with Crippen molar-refractivity contribution in [3.8, 4) is 0 Å². The lowest BCUT2D eigenvalue weighted by molar-refractivity contribution is 0.136. The Hall–Kier alpha value is -0.380. The van der Waals surface area contributed by atoms with E-state index in [1.165, 1.54) is 0 Å². The monoisotopic (exact) mass is 397 g/mol. The Kier molecular flexibility index (Phi) is 45.4. The first-order valence-electron chi connectivity index (χ1n) is 6.50. The van der Waals surface area contributed by atoms with Crippen LogP contribution in [0.25, 0.3) is 0 Å². The molecule has 0 aliphatic carbocycles. The van der Waals surface area contributed by atoms with Crippen molar-refractivity contribution in [2.24, 2.45) is 0 Å². The highest BCUT2D eigenvalue weighted by Crippen LogP contribution is 1.84. The third kappa shape index (κ3) is 163. The molecule has 15 N–H and O–H groups in total. The standard InChI is InChI=1S/C6H15NO3.4BH3O3/c8-4-1-7(2-5-9)3-6-10;4*2-1(3)4/h8-10H,1-6H2;4*2-4H. The Balaban J connectivity index is -0.0000000776. The molecule has 0 saturated carbocycles. The summed E-state index contributed by atoms with van der Waals surface area (Å²) in [5.41, 5.74) is 0. The second kappa shape index (κ2) is 32.3. The molecule has 16 nitrogen and oxygen atoms in total. The normalized spacial score (nSPS) is 8.31. The maximum absolute atomic E-state index is 8.48. The van der Waals surface area contributed by atoms with Gasteiger partial charge in [0.2, 0.25) is 0 Å². The predicted octanol–water partition coefficient (Wildman–Crippen LogP) is -9.94. The van der Waals surface area contributed by atoms with Gasteiger partial charge in [-0.15, -0.1) is 0 Å². The molecule has 158 valence electrons. The van der Waals surface area contributed by atoms with Crippen LogP contribution in [0.2, 0.25) is 0 Å². The minimum Gasteiger partial charge on any atom is -0.402 e. The number of hydrogen-bond donors (Lipinski definition) is 15. The van der Waals surface area contributed by atoms with Crippen molar-refractivity contribution in [3.05, 3.63) is 0 Å². The molecule has 0 radical (unpaired) electrons. The molecule has 0 fully saturated rings. The molecule has 20 heteroatoms. The Morgan fingerprint density at radius 1 is 0.385 bits per heavy atom. The van der Waals surface area contributed by atoms with Crippen molar-refractivity contribution >= 4 is 29.3 Å². The van der Waals surface area contributed by atoms with Gasteiger partial charge in [-0.05, 0) is 0 Å². The lowest BCUT2D eigenvalue weighted by Gasteiger charge is -2.17. The van der Waals surface area contributed by atoms with Crippen LogP contribution >= 0.6 is 0 Å². The zero-order valence-corrected chi connectivity index (χ0v) is 13.7. The van der Waals surface area contributed by atoms with Gasteiger partial charge in [0.15, 0.2) is 0 Å². The highest BCUT2D eigenvalue weighted by atomic mass is 16.5. The van der Waals surface area contributed by atoms with Gasteiger partial charge in [0, 0.05) is 19.6 Å². The van der Waals surface area contributed by atoms with E-state index in [2.05, 4.69) is 0 Å². The van der Waals surface area contributed by atoms with Crippen LogP contribution in [-0.2, 0) is 0 Å². The van der Waals surface area contributed by atoms with Crippen molar-refractivity contribution in [1.29, 1.82) is 0 Å². The topological polar surface area (TPSA) is 307 Å². The smallest absolute Gasteiger partial charge is 0.402 e. The molecule has 0 aromatic rings. The number of aliphatic hydroxyl groups is 3. The summed E-state index contributed by atoms with van der Waals surface area (Å²) in [4.78, 5) is 1.79. The Bertz CT molecular complexity index is 167. The lowest BCUT2D eigenvalue weighted by Crippen LogP contribution is -2.32. The molecule has 0 bridgehead atoms. The largest absolute Gasteiger partial charge is 0.631 e. The predicted molar refractivity (Wildman–Crippen MR) is 87.3 cm³/mol. The highest BCUT2D eigenvalue weighted by Gasteiger charge is 2.00. The van der Waals surface area contributed by atoms with Crippen LogP contribution in [0.3, 0.4) is 0 Å². The molecule has 0 aliphatic rings. The van der Waals surface area contributed by atoms with Crippen molar-refractivity contribution in [1.82, 2.24) is 4.90 Å². The van der Waals surface area contributed by atoms with Crippen LogP contribution in [0.15, 0.2) is 0 Å². The van der Waals surface area contributed by atoms with E-state index in [0.29, 0.717) is 19.6 Å². The second-order valence-corrected chi connectivity index (χ2v) is 3.40. The fourth-order valence-corrected chi connectivity index (χ4v) is 0.760. The van der Waals surface area contributed by atoms with Crippen molar-refractivity contribution < 1.29 is 75.6 Å². The number of nitrogens with zero attached hydrogens (tertiary/aromatic N) is 1. The van der Waals surface area contributed by atoms with Gasteiger partial charge in [0.05, 0.1) is 19.8 Å². The minimum atomic E-state index is -2.17. The summed E-state index contributed by atoms with van der Waals surface area (Å²) in [5, 5.41) is 111. The van der Waals surface area contributed by atoms with Gasteiger partial charge >= 0.3 is 29.3 Å². The number of aliphatic hydroxyl groups excluding tert-OH is 3. The number of hydrogen-bond acceptors (Lipinski definition) is 16. The first-order chi connectivity index (χ1) is 11.8.